The number of benzene rings is 1. The minimum Gasteiger partial charge on any atom is -0.324 e. The second-order valence-electron chi connectivity index (χ2n) is 3.04. The SMILES string of the molecule is N[C@H](CCF)c1ccc(F)cc1[N+](=O)[O-]. The van der Waals surface area contributed by atoms with Crippen LogP contribution in [-0.4, -0.2) is 11.6 Å². The fourth-order valence-electron chi connectivity index (χ4n) is 1.26. The summed E-state index contributed by atoms with van der Waals surface area (Å²) in [5, 5.41) is 10.6. The second-order valence-corrected chi connectivity index (χ2v) is 3.04. The van der Waals surface area contributed by atoms with Gasteiger partial charge in [0.15, 0.2) is 0 Å². The minimum absolute atomic E-state index is 0.0214. The fraction of sp³-hybridized carbons (Fsp3) is 0.333. The van der Waals surface area contributed by atoms with Crippen LogP contribution in [-0.2, 0) is 0 Å². The molecular formula is C9H10F2N2O2. The van der Waals surface area contributed by atoms with E-state index in [2.05, 4.69) is 0 Å². The van der Waals surface area contributed by atoms with Crippen LogP contribution in [0.15, 0.2) is 18.2 Å². The van der Waals surface area contributed by atoms with Gasteiger partial charge in [0.25, 0.3) is 5.69 Å². The molecule has 2 N–H and O–H groups in total. The maximum absolute atomic E-state index is 12.7. The Bertz CT molecular complexity index is 371. The summed E-state index contributed by atoms with van der Waals surface area (Å²) in [7, 11) is 0. The first-order chi connectivity index (χ1) is 7.06. The Labute approximate surface area is 84.9 Å². The van der Waals surface area contributed by atoms with Gasteiger partial charge >= 0.3 is 0 Å². The van der Waals surface area contributed by atoms with Crippen LogP contribution in [0.2, 0.25) is 0 Å². The first-order valence-corrected chi connectivity index (χ1v) is 4.31. The van der Waals surface area contributed by atoms with E-state index in [0.29, 0.717) is 0 Å². The molecule has 0 radical (unpaired) electrons. The quantitative estimate of drug-likeness (QED) is 0.618. The highest BCUT2D eigenvalue weighted by molar-refractivity contribution is 5.42. The zero-order chi connectivity index (χ0) is 11.4. The molecule has 0 saturated carbocycles. The first-order valence-electron chi connectivity index (χ1n) is 4.31. The summed E-state index contributed by atoms with van der Waals surface area (Å²) in [5.41, 5.74) is 5.27. The van der Waals surface area contributed by atoms with Crippen molar-refractivity contribution in [2.75, 3.05) is 6.67 Å². The molecule has 4 nitrogen and oxygen atoms in total. The van der Waals surface area contributed by atoms with Crippen molar-refractivity contribution in [1.82, 2.24) is 0 Å². The van der Waals surface area contributed by atoms with E-state index in [-0.39, 0.29) is 12.0 Å². The molecule has 0 aliphatic rings. The molecule has 1 aromatic rings. The van der Waals surface area contributed by atoms with Crippen LogP contribution in [0.1, 0.15) is 18.0 Å². The molecule has 0 heterocycles. The van der Waals surface area contributed by atoms with E-state index in [0.717, 1.165) is 12.1 Å². The Morgan fingerprint density at radius 3 is 2.73 bits per heavy atom. The number of halogens is 2. The van der Waals surface area contributed by atoms with Crippen LogP contribution in [0.4, 0.5) is 14.5 Å². The smallest absolute Gasteiger partial charge is 0.277 e. The largest absolute Gasteiger partial charge is 0.324 e. The molecule has 0 saturated heterocycles. The molecule has 0 fully saturated rings. The number of nitro groups is 1. The molecule has 15 heavy (non-hydrogen) atoms. The average molecular weight is 216 g/mol. The third kappa shape index (κ3) is 2.69. The van der Waals surface area contributed by atoms with Crippen LogP contribution in [0.25, 0.3) is 0 Å². The van der Waals surface area contributed by atoms with E-state index >= 15 is 0 Å². The van der Waals surface area contributed by atoms with E-state index < -0.39 is 29.1 Å². The first kappa shape index (κ1) is 11.5. The third-order valence-corrected chi connectivity index (χ3v) is 2.01. The number of hydrogen-bond donors (Lipinski definition) is 1. The van der Waals surface area contributed by atoms with Gasteiger partial charge in [-0.15, -0.1) is 0 Å². The Balaban J connectivity index is 3.10. The third-order valence-electron chi connectivity index (χ3n) is 2.01. The van der Waals surface area contributed by atoms with Crippen molar-refractivity contribution in [1.29, 1.82) is 0 Å². The molecule has 0 unspecified atom stereocenters. The lowest BCUT2D eigenvalue weighted by molar-refractivity contribution is -0.385. The lowest BCUT2D eigenvalue weighted by Crippen LogP contribution is -2.13. The molecule has 0 aliphatic heterocycles. The van der Waals surface area contributed by atoms with E-state index in [9.17, 15) is 18.9 Å². The van der Waals surface area contributed by atoms with Gasteiger partial charge in [-0.3, -0.25) is 14.5 Å². The average Bonchev–Trinajstić information content (AvgIpc) is 2.17. The second kappa shape index (κ2) is 4.79. The molecule has 0 spiro atoms. The Morgan fingerprint density at radius 1 is 1.53 bits per heavy atom. The summed E-state index contributed by atoms with van der Waals surface area (Å²) < 4.78 is 24.8. The number of nitrogens with two attached hydrogens (primary N) is 1. The van der Waals surface area contributed by atoms with Crippen LogP contribution in [0.3, 0.4) is 0 Å². The summed E-state index contributed by atoms with van der Waals surface area (Å²) in [6.07, 6.45) is -0.0214. The van der Waals surface area contributed by atoms with Crippen LogP contribution < -0.4 is 5.73 Å². The Hall–Kier alpha value is -1.56. The van der Waals surface area contributed by atoms with Crippen molar-refractivity contribution in [3.8, 4) is 0 Å². The monoisotopic (exact) mass is 216 g/mol. The van der Waals surface area contributed by atoms with E-state index in [4.69, 9.17) is 5.73 Å². The highest BCUT2D eigenvalue weighted by Crippen LogP contribution is 2.26. The van der Waals surface area contributed by atoms with Gasteiger partial charge in [-0.05, 0) is 18.6 Å². The zero-order valence-electron chi connectivity index (χ0n) is 7.82. The number of nitrogens with zero attached hydrogens (tertiary/aromatic N) is 1. The van der Waals surface area contributed by atoms with Crippen molar-refractivity contribution in [3.63, 3.8) is 0 Å². The van der Waals surface area contributed by atoms with Gasteiger partial charge in [0, 0.05) is 11.6 Å². The maximum atomic E-state index is 12.7. The summed E-state index contributed by atoms with van der Waals surface area (Å²) in [5.74, 6) is -0.710. The zero-order valence-corrected chi connectivity index (χ0v) is 7.82. The standard InChI is InChI=1S/C9H10F2N2O2/c10-4-3-8(12)7-2-1-6(11)5-9(7)13(14)15/h1-2,5,8H,3-4,12H2/t8-/m1/s1. The van der Waals surface area contributed by atoms with Gasteiger partial charge < -0.3 is 5.73 Å². The van der Waals surface area contributed by atoms with Crippen LogP contribution in [0.5, 0.6) is 0 Å². The van der Waals surface area contributed by atoms with Crippen molar-refractivity contribution in [3.05, 3.63) is 39.7 Å². The summed E-state index contributed by atoms with van der Waals surface area (Å²) in [6.45, 7) is -0.671. The van der Waals surface area contributed by atoms with Gasteiger partial charge in [-0.1, -0.05) is 0 Å². The minimum atomic E-state index is -0.781. The summed E-state index contributed by atoms with van der Waals surface area (Å²) >= 11 is 0. The number of alkyl halides is 1. The normalized spacial score (nSPS) is 12.5. The summed E-state index contributed by atoms with van der Waals surface area (Å²) in [4.78, 5) is 9.85. The molecule has 0 aromatic heterocycles. The number of hydrogen-bond acceptors (Lipinski definition) is 3. The van der Waals surface area contributed by atoms with Crippen LogP contribution >= 0.6 is 0 Å². The van der Waals surface area contributed by atoms with Gasteiger partial charge in [0.05, 0.1) is 17.7 Å². The molecule has 1 rings (SSSR count). The molecular weight excluding hydrogens is 206 g/mol. The van der Waals surface area contributed by atoms with Crippen molar-refractivity contribution >= 4 is 5.69 Å². The number of nitro benzene ring substituents is 1. The number of rotatable bonds is 4. The molecule has 0 bridgehead atoms. The lowest BCUT2D eigenvalue weighted by atomic mass is 10.0. The fourth-order valence-corrected chi connectivity index (χ4v) is 1.26. The van der Waals surface area contributed by atoms with Gasteiger partial charge in [-0.25, -0.2) is 4.39 Å². The predicted octanol–water partition coefficient (Wildman–Crippen LogP) is 2.09. The van der Waals surface area contributed by atoms with Gasteiger partial charge in [0.1, 0.15) is 5.82 Å². The maximum Gasteiger partial charge on any atom is 0.277 e. The Kier molecular flexibility index (Phi) is 3.68. The topological polar surface area (TPSA) is 69.2 Å². The molecule has 6 heteroatoms. The van der Waals surface area contributed by atoms with Crippen molar-refractivity contribution < 1.29 is 13.7 Å². The molecule has 82 valence electrons. The van der Waals surface area contributed by atoms with E-state index in [1.165, 1.54) is 6.07 Å². The molecule has 1 atom stereocenters. The molecule has 0 amide bonds. The van der Waals surface area contributed by atoms with Crippen LogP contribution in [0, 0.1) is 15.9 Å². The van der Waals surface area contributed by atoms with Gasteiger partial charge in [0.2, 0.25) is 0 Å². The predicted molar refractivity (Wildman–Crippen MR) is 50.6 cm³/mol. The highest BCUT2D eigenvalue weighted by Gasteiger charge is 2.19. The molecule has 1 aromatic carbocycles. The van der Waals surface area contributed by atoms with E-state index in [1.54, 1.807) is 0 Å². The summed E-state index contributed by atoms with van der Waals surface area (Å²) in [6, 6.07) is 2.29. The van der Waals surface area contributed by atoms with Crippen molar-refractivity contribution in [2.45, 2.75) is 12.5 Å². The lowest BCUT2D eigenvalue weighted by Gasteiger charge is -2.09. The Morgan fingerprint density at radius 2 is 2.20 bits per heavy atom. The highest BCUT2D eigenvalue weighted by atomic mass is 19.1. The van der Waals surface area contributed by atoms with E-state index in [1.807, 2.05) is 0 Å². The molecule has 0 aliphatic carbocycles. The van der Waals surface area contributed by atoms with Crippen molar-refractivity contribution in [2.24, 2.45) is 5.73 Å². The van der Waals surface area contributed by atoms with Gasteiger partial charge in [-0.2, -0.15) is 0 Å².